The smallest absolute Gasteiger partial charge is 0.335 e. The van der Waals surface area contributed by atoms with Gasteiger partial charge in [0, 0.05) is 6.54 Å². The zero-order valence-electron chi connectivity index (χ0n) is 14.5. The molecular formula is C22H19NO4. The number of aromatic carboxylic acids is 1. The van der Waals surface area contributed by atoms with Crippen LogP contribution < -0.4 is 5.32 Å². The molecule has 0 fully saturated rings. The van der Waals surface area contributed by atoms with Crippen LogP contribution in [0.3, 0.4) is 0 Å². The fraction of sp³-hybridized carbons (Fsp3) is 0.0909. The average molecular weight is 361 g/mol. The first-order valence-electron chi connectivity index (χ1n) is 8.46. The molecular weight excluding hydrogens is 342 g/mol. The summed E-state index contributed by atoms with van der Waals surface area (Å²) in [5.74, 6) is -1.56. The highest BCUT2D eigenvalue weighted by Crippen LogP contribution is 2.30. The highest BCUT2D eigenvalue weighted by molar-refractivity contribution is 5.90. The summed E-state index contributed by atoms with van der Waals surface area (Å²) in [6, 6.07) is 23.7. The number of carboxylic acids is 1. The Labute approximate surface area is 156 Å². The lowest BCUT2D eigenvalue weighted by Crippen LogP contribution is -2.45. The Morgan fingerprint density at radius 1 is 0.778 bits per heavy atom. The summed E-state index contributed by atoms with van der Waals surface area (Å²) >= 11 is 0. The third-order valence-corrected chi connectivity index (χ3v) is 4.37. The molecule has 0 aliphatic rings. The number of carboxylic acid groups (broad SMARTS) is 1. The van der Waals surface area contributed by atoms with Crippen molar-refractivity contribution < 1.29 is 19.8 Å². The minimum absolute atomic E-state index is 0.167. The summed E-state index contributed by atoms with van der Waals surface area (Å²) in [6.07, 6.45) is 0. The third kappa shape index (κ3) is 3.88. The zero-order chi connectivity index (χ0) is 19.3. The summed E-state index contributed by atoms with van der Waals surface area (Å²) < 4.78 is 0. The molecule has 0 aliphatic heterocycles. The second-order valence-corrected chi connectivity index (χ2v) is 6.13. The van der Waals surface area contributed by atoms with E-state index in [-0.39, 0.29) is 12.1 Å². The van der Waals surface area contributed by atoms with E-state index in [1.54, 1.807) is 60.7 Å². The van der Waals surface area contributed by atoms with Gasteiger partial charge in [0.25, 0.3) is 5.91 Å². The van der Waals surface area contributed by atoms with Gasteiger partial charge in [-0.1, -0.05) is 72.8 Å². The largest absolute Gasteiger partial charge is 0.478 e. The zero-order valence-corrected chi connectivity index (χ0v) is 14.5. The Bertz CT molecular complexity index is 882. The van der Waals surface area contributed by atoms with E-state index in [9.17, 15) is 14.7 Å². The molecule has 0 unspecified atom stereocenters. The van der Waals surface area contributed by atoms with Gasteiger partial charge in [-0.15, -0.1) is 0 Å². The normalized spacial score (nSPS) is 11.0. The van der Waals surface area contributed by atoms with Gasteiger partial charge in [-0.05, 0) is 28.8 Å². The number of nitrogens with one attached hydrogen (secondary N) is 1. The molecule has 0 bridgehead atoms. The van der Waals surface area contributed by atoms with Gasteiger partial charge < -0.3 is 15.5 Å². The molecule has 3 N–H and O–H groups in total. The van der Waals surface area contributed by atoms with Crippen LogP contribution in [0.1, 0.15) is 27.0 Å². The Morgan fingerprint density at radius 3 is 1.70 bits per heavy atom. The number of carbonyl (C=O) groups is 2. The van der Waals surface area contributed by atoms with Crippen LogP contribution in [0.5, 0.6) is 0 Å². The van der Waals surface area contributed by atoms with Crippen molar-refractivity contribution >= 4 is 11.9 Å². The van der Waals surface area contributed by atoms with Gasteiger partial charge in [-0.2, -0.15) is 0 Å². The molecule has 5 heteroatoms. The van der Waals surface area contributed by atoms with Gasteiger partial charge in [0.15, 0.2) is 5.60 Å². The first-order valence-corrected chi connectivity index (χ1v) is 8.46. The van der Waals surface area contributed by atoms with Crippen molar-refractivity contribution in [1.29, 1.82) is 0 Å². The molecule has 27 heavy (non-hydrogen) atoms. The summed E-state index contributed by atoms with van der Waals surface area (Å²) in [5.41, 5.74) is 0.0144. The summed E-state index contributed by atoms with van der Waals surface area (Å²) in [5, 5.41) is 23.0. The lowest BCUT2D eigenvalue weighted by molar-refractivity contribution is -0.136. The predicted octanol–water partition coefficient (Wildman–Crippen LogP) is 2.94. The second kappa shape index (κ2) is 7.85. The van der Waals surface area contributed by atoms with E-state index < -0.39 is 17.5 Å². The van der Waals surface area contributed by atoms with Crippen molar-refractivity contribution in [2.75, 3.05) is 0 Å². The molecule has 3 aromatic carbocycles. The number of benzene rings is 3. The van der Waals surface area contributed by atoms with Crippen LogP contribution in [0.4, 0.5) is 0 Å². The Balaban J connectivity index is 1.85. The summed E-state index contributed by atoms with van der Waals surface area (Å²) in [7, 11) is 0. The van der Waals surface area contributed by atoms with Crippen LogP contribution in [0.25, 0.3) is 0 Å². The van der Waals surface area contributed by atoms with Crippen molar-refractivity contribution in [1.82, 2.24) is 5.32 Å². The Morgan fingerprint density at radius 2 is 1.26 bits per heavy atom. The molecule has 0 saturated heterocycles. The van der Waals surface area contributed by atoms with Crippen LogP contribution >= 0.6 is 0 Å². The highest BCUT2D eigenvalue weighted by Gasteiger charge is 2.39. The molecule has 0 heterocycles. The molecule has 3 aromatic rings. The maximum Gasteiger partial charge on any atom is 0.335 e. The maximum absolute atomic E-state index is 13.0. The third-order valence-electron chi connectivity index (χ3n) is 4.37. The van der Waals surface area contributed by atoms with Crippen molar-refractivity contribution in [2.24, 2.45) is 0 Å². The quantitative estimate of drug-likeness (QED) is 0.630. The first kappa shape index (κ1) is 18.4. The van der Waals surface area contributed by atoms with Gasteiger partial charge in [-0.25, -0.2) is 4.79 Å². The fourth-order valence-electron chi connectivity index (χ4n) is 2.86. The number of hydrogen-bond donors (Lipinski definition) is 3. The van der Waals surface area contributed by atoms with Crippen LogP contribution in [0.15, 0.2) is 84.9 Å². The lowest BCUT2D eigenvalue weighted by atomic mass is 9.85. The topological polar surface area (TPSA) is 86.6 Å². The average Bonchev–Trinajstić information content (AvgIpc) is 2.73. The molecule has 136 valence electrons. The number of amides is 1. The van der Waals surface area contributed by atoms with Gasteiger partial charge in [-0.3, -0.25) is 4.79 Å². The SMILES string of the molecule is O=C(O)c1ccc(CNC(=O)C(O)(c2ccccc2)c2ccccc2)cc1. The van der Waals surface area contributed by atoms with Crippen LogP contribution in [0.2, 0.25) is 0 Å². The molecule has 0 aromatic heterocycles. The summed E-state index contributed by atoms with van der Waals surface area (Å²) in [4.78, 5) is 23.9. The number of rotatable bonds is 6. The monoisotopic (exact) mass is 361 g/mol. The molecule has 0 atom stereocenters. The molecule has 5 nitrogen and oxygen atoms in total. The van der Waals surface area contributed by atoms with Gasteiger partial charge in [0.05, 0.1) is 5.56 Å². The highest BCUT2D eigenvalue weighted by atomic mass is 16.4. The standard InChI is InChI=1S/C22H19NO4/c24-20(25)17-13-11-16(12-14-17)15-23-21(26)22(27,18-7-3-1-4-8-18)19-9-5-2-6-10-19/h1-14,27H,15H2,(H,23,26)(H,24,25). The molecule has 0 spiro atoms. The van der Waals surface area contributed by atoms with E-state index >= 15 is 0 Å². The van der Waals surface area contributed by atoms with Crippen molar-refractivity contribution in [3.63, 3.8) is 0 Å². The van der Waals surface area contributed by atoms with Crippen LogP contribution in [-0.2, 0) is 16.9 Å². The second-order valence-electron chi connectivity index (χ2n) is 6.13. The van der Waals surface area contributed by atoms with Crippen molar-refractivity contribution in [3.05, 3.63) is 107 Å². The van der Waals surface area contributed by atoms with E-state index in [1.807, 2.05) is 12.1 Å². The first-order chi connectivity index (χ1) is 13.0. The van der Waals surface area contributed by atoms with E-state index in [4.69, 9.17) is 5.11 Å². The molecule has 0 radical (unpaired) electrons. The summed E-state index contributed by atoms with van der Waals surface area (Å²) in [6.45, 7) is 0.167. The van der Waals surface area contributed by atoms with Crippen LogP contribution in [-0.4, -0.2) is 22.1 Å². The van der Waals surface area contributed by atoms with Crippen molar-refractivity contribution in [2.45, 2.75) is 12.1 Å². The van der Waals surface area contributed by atoms with Crippen LogP contribution in [0, 0.1) is 0 Å². The molecule has 0 saturated carbocycles. The van der Waals surface area contributed by atoms with Gasteiger partial charge in [0.2, 0.25) is 0 Å². The van der Waals surface area contributed by atoms with Crippen molar-refractivity contribution in [3.8, 4) is 0 Å². The Kier molecular flexibility index (Phi) is 5.33. The minimum atomic E-state index is -1.83. The van der Waals surface area contributed by atoms with E-state index in [0.29, 0.717) is 11.1 Å². The maximum atomic E-state index is 13.0. The van der Waals surface area contributed by atoms with E-state index in [0.717, 1.165) is 5.56 Å². The molecule has 0 aliphatic carbocycles. The predicted molar refractivity (Wildman–Crippen MR) is 101 cm³/mol. The van der Waals surface area contributed by atoms with E-state index in [2.05, 4.69) is 5.32 Å². The van der Waals surface area contributed by atoms with E-state index in [1.165, 1.54) is 12.1 Å². The Hall–Kier alpha value is -3.44. The minimum Gasteiger partial charge on any atom is -0.478 e. The number of carbonyl (C=O) groups excluding carboxylic acids is 1. The number of aliphatic hydroxyl groups is 1. The number of hydrogen-bond acceptors (Lipinski definition) is 3. The lowest BCUT2D eigenvalue weighted by Gasteiger charge is -2.28. The molecule has 1 amide bonds. The van der Waals surface area contributed by atoms with Gasteiger partial charge >= 0.3 is 5.97 Å². The van der Waals surface area contributed by atoms with Gasteiger partial charge in [0.1, 0.15) is 0 Å². The fourth-order valence-corrected chi connectivity index (χ4v) is 2.86. The molecule has 3 rings (SSSR count).